The van der Waals surface area contributed by atoms with Crippen LogP contribution in [0.25, 0.3) is 16.7 Å². The Morgan fingerprint density at radius 2 is 1.91 bits per heavy atom. The van der Waals surface area contributed by atoms with Gasteiger partial charge in [-0.05, 0) is 43.4 Å². The number of nitrogens with zero attached hydrogens (tertiary/aromatic N) is 5. The monoisotopic (exact) mass is 473 g/mol. The lowest BCUT2D eigenvalue weighted by Crippen LogP contribution is -2.37. The fraction of sp³-hybridized carbons (Fsp3) is 0.308. The molecule has 34 heavy (non-hydrogen) atoms. The number of hydrogen-bond donors (Lipinski definition) is 0. The standard InChI is InChI=1S/C26H27N5O2S/c1-2-16-30-24(33)21-12-6-7-13-22(21)31-25(30)27-28-26(31)34-18-23(32)29-17-8-11-20(29)15-14-19-9-4-3-5-10-19/h2-7,9-10,12-13,20H,1,8,11,14-18H2. The topological polar surface area (TPSA) is 72.5 Å². The molecule has 2 aromatic heterocycles. The average Bonchev–Trinajstić information content (AvgIpc) is 3.52. The zero-order chi connectivity index (χ0) is 23.5. The predicted octanol–water partition coefficient (Wildman–Crippen LogP) is 3.95. The van der Waals surface area contributed by atoms with Crippen molar-refractivity contribution in [2.75, 3.05) is 12.3 Å². The molecule has 1 aliphatic heterocycles. The molecule has 3 heterocycles. The maximum absolute atomic E-state index is 13.2. The van der Waals surface area contributed by atoms with E-state index in [0.29, 0.717) is 22.9 Å². The van der Waals surface area contributed by atoms with Gasteiger partial charge in [0.1, 0.15) is 0 Å². The molecule has 0 saturated carbocycles. The minimum Gasteiger partial charge on any atom is -0.339 e. The summed E-state index contributed by atoms with van der Waals surface area (Å²) in [5.41, 5.74) is 1.93. The van der Waals surface area contributed by atoms with Crippen LogP contribution < -0.4 is 5.56 Å². The molecule has 5 rings (SSSR count). The van der Waals surface area contributed by atoms with Gasteiger partial charge in [0.25, 0.3) is 5.56 Å². The van der Waals surface area contributed by atoms with Crippen LogP contribution in [-0.2, 0) is 17.8 Å². The Morgan fingerprint density at radius 3 is 2.74 bits per heavy atom. The number of rotatable bonds is 8. The number of hydrogen-bond acceptors (Lipinski definition) is 5. The first-order valence-corrected chi connectivity index (χ1v) is 12.6. The van der Waals surface area contributed by atoms with Crippen molar-refractivity contribution in [2.45, 2.75) is 43.4 Å². The van der Waals surface area contributed by atoms with E-state index in [1.54, 1.807) is 16.7 Å². The highest BCUT2D eigenvalue weighted by molar-refractivity contribution is 7.99. The van der Waals surface area contributed by atoms with E-state index in [2.05, 4.69) is 41.0 Å². The van der Waals surface area contributed by atoms with Crippen LogP contribution in [0.5, 0.6) is 0 Å². The van der Waals surface area contributed by atoms with Gasteiger partial charge < -0.3 is 4.90 Å². The minimum atomic E-state index is -0.124. The van der Waals surface area contributed by atoms with E-state index in [1.807, 2.05) is 33.6 Å². The third kappa shape index (κ3) is 4.25. The van der Waals surface area contributed by atoms with Crippen LogP contribution in [-0.4, -0.2) is 48.3 Å². The zero-order valence-corrected chi connectivity index (χ0v) is 19.8. The van der Waals surface area contributed by atoms with Gasteiger partial charge in [-0.3, -0.25) is 18.6 Å². The number of allylic oxidation sites excluding steroid dienone is 1. The minimum absolute atomic E-state index is 0.124. The molecular formula is C26H27N5O2S. The molecule has 1 amide bonds. The molecule has 0 bridgehead atoms. The van der Waals surface area contributed by atoms with Crippen LogP contribution in [0.2, 0.25) is 0 Å². The number of para-hydroxylation sites is 1. The number of amides is 1. The Balaban J connectivity index is 1.35. The van der Waals surface area contributed by atoms with Crippen LogP contribution in [0.15, 0.2) is 77.2 Å². The van der Waals surface area contributed by atoms with Crippen LogP contribution >= 0.6 is 11.8 Å². The van der Waals surface area contributed by atoms with E-state index >= 15 is 0 Å². The summed E-state index contributed by atoms with van der Waals surface area (Å²) in [5, 5.41) is 9.82. The zero-order valence-electron chi connectivity index (χ0n) is 19.0. The Morgan fingerprint density at radius 1 is 1.12 bits per heavy atom. The van der Waals surface area contributed by atoms with Crippen molar-refractivity contribution in [1.82, 2.24) is 24.1 Å². The van der Waals surface area contributed by atoms with Gasteiger partial charge in [0.2, 0.25) is 11.7 Å². The summed E-state index contributed by atoms with van der Waals surface area (Å²) in [4.78, 5) is 28.1. The van der Waals surface area contributed by atoms with Crippen molar-refractivity contribution < 1.29 is 4.79 Å². The molecule has 1 fully saturated rings. The van der Waals surface area contributed by atoms with Gasteiger partial charge in [-0.25, -0.2) is 0 Å². The molecule has 1 saturated heterocycles. The smallest absolute Gasteiger partial charge is 0.263 e. The molecule has 8 heteroatoms. The quantitative estimate of drug-likeness (QED) is 0.286. The van der Waals surface area contributed by atoms with Crippen LogP contribution in [0.1, 0.15) is 24.8 Å². The molecule has 7 nitrogen and oxygen atoms in total. The summed E-state index contributed by atoms with van der Waals surface area (Å²) in [6, 6.07) is 18.1. The Kier molecular flexibility index (Phi) is 6.49. The molecule has 1 atom stereocenters. The highest BCUT2D eigenvalue weighted by atomic mass is 32.2. The lowest BCUT2D eigenvalue weighted by Gasteiger charge is -2.24. The lowest BCUT2D eigenvalue weighted by molar-refractivity contribution is -0.129. The molecule has 174 valence electrons. The number of likely N-dealkylation sites (tertiary alicyclic amines) is 1. The lowest BCUT2D eigenvalue weighted by atomic mass is 10.0. The largest absolute Gasteiger partial charge is 0.339 e. The van der Waals surface area contributed by atoms with Gasteiger partial charge in [-0.1, -0.05) is 60.3 Å². The third-order valence-corrected chi connectivity index (χ3v) is 7.33. The third-order valence-electron chi connectivity index (χ3n) is 6.42. The summed E-state index contributed by atoms with van der Waals surface area (Å²) < 4.78 is 3.43. The van der Waals surface area contributed by atoms with Crippen LogP contribution in [0.3, 0.4) is 0 Å². The van der Waals surface area contributed by atoms with Crippen molar-refractivity contribution in [2.24, 2.45) is 0 Å². The van der Waals surface area contributed by atoms with E-state index < -0.39 is 0 Å². The first kappa shape index (κ1) is 22.4. The van der Waals surface area contributed by atoms with Crippen LogP contribution in [0, 0.1) is 0 Å². The number of thioether (sulfide) groups is 1. The highest BCUT2D eigenvalue weighted by Gasteiger charge is 2.28. The molecule has 2 aromatic carbocycles. The predicted molar refractivity (Wildman–Crippen MR) is 135 cm³/mol. The molecule has 0 radical (unpaired) electrons. The first-order chi connectivity index (χ1) is 16.7. The summed E-state index contributed by atoms with van der Waals surface area (Å²) in [5.74, 6) is 0.874. The van der Waals surface area contributed by atoms with Crippen molar-refractivity contribution in [3.63, 3.8) is 0 Å². The second-order valence-corrected chi connectivity index (χ2v) is 9.48. The second kappa shape index (κ2) is 9.85. The van der Waals surface area contributed by atoms with Gasteiger partial charge >= 0.3 is 0 Å². The van der Waals surface area contributed by atoms with Crippen molar-refractivity contribution >= 4 is 34.3 Å². The van der Waals surface area contributed by atoms with Crippen LogP contribution in [0.4, 0.5) is 0 Å². The summed E-state index contributed by atoms with van der Waals surface area (Å²) in [7, 11) is 0. The highest BCUT2D eigenvalue weighted by Crippen LogP contribution is 2.26. The molecule has 4 aromatic rings. The van der Waals surface area contributed by atoms with Crippen molar-refractivity contribution in [3.05, 3.63) is 83.2 Å². The summed E-state index contributed by atoms with van der Waals surface area (Å²) in [6.07, 6.45) is 5.72. The number of benzene rings is 2. The maximum atomic E-state index is 13.2. The number of aryl methyl sites for hydroxylation is 1. The SMILES string of the molecule is C=CCn1c(=O)c2ccccc2n2c(SCC(=O)N3CCCC3CCc3ccccc3)nnc12. The molecule has 1 unspecified atom stereocenters. The summed E-state index contributed by atoms with van der Waals surface area (Å²) >= 11 is 1.37. The van der Waals surface area contributed by atoms with E-state index in [4.69, 9.17) is 0 Å². The molecule has 0 spiro atoms. The summed E-state index contributed by atoms with van der Waals surface area (Å²) in [6.45, 7) is 4.91. The molecule has 0 aliphatic carbocycles. The number of fused-ring (bicyclic) bond motifs is 3. The molecular weight excluding hydrogens is 446 g/mol. The normalized spacial score (nSPS) is 15.9. The van der Waals surface area contributed by atoms with E-state index in [9.17, 15) is 9.59 Å². The van der Waals surface area contributed by atoms with Gasteiger partial charge in [-0.2, -0.15) is 0 Å². The Labute approximate surface area is 202 Å². The van der Waals surface area contributed by atoms with Gasteiger partial charge in [0, 0.05) is 19.1 Å². The van der Waals surface area contributed by atoms with E-state index in [-0.39, 0.29) is 23.3 Å². The van der Waals surface area contributed by atoms with Gasteiger partial charge in [-0.15, -0.1) is 16.8 Å². The maximum Gasteiger partial charge on any atom is 0.263 e. The average molecular weight is 474 g/mol. The van der Waals surface area contributed by atoms with E-state index in [0.717, 1.165) is 37.7 Å². The fourth-order valence-electron chi connectivity index (χ4n) is 4.77. The fourth-order valence-corrected chi connectivity index (χ4v) is 5.60. The Hall–Kier alpha value is -3.39. The van der Waals surface area contributed by atoms with Gasteiger partial charge in [0.15, 0.2) is 5.16 Å². The van der Waals surface area contributed by atoms with Crippen molar-refractivity contribution in [1.29, 1.82) is 0 Å². The van der Waals surface area contributed by atoms with Crippen molar-refractivity contribution in [3.8, 4) is 0 Å². The Bertz CT molecular complexity index is 1400. The second-order valence-electron chi connectivity index (χ2n) is 8.54. The number of carbonyl (C=O) groups is 1. The number of carbonyl (C=O) groups excluding carboxylic acids is 1. The van der Waals surface area contributed by atoms with E-state index in [1.165, 1.54) is 17.3 Å². The molecule has 0 N–H and O–H groups in total. The first-order valence-electron chi connectivity index (χ1n) is 11.6. The number of aromatic nitrogens is 4. The molecule has 1 aliphatic rings. The van der Waals surface area contributed by atoms with Gasteiger partial charge in [0.05, 0.1) is 16.7 Å².